The molecule has 152 valence electrons. The van der Waals surface area contributed by atoms with Crippen LogP contribution >= 0.6 is 0 Å². The molecule has 3 aliphatic rings. The minimum Gasteiger partial charge on any atom is -0.355 e. The molecule has 0 radical (unpaired) electrons. The molecule has 1 saturated heterocycles. The summed E-state index contributed by atoms with van der Waals surface area (Å²) in [5.74, 6) is 3.06. The zero-order valence-corrected chi connectivity index (χ0v) is 17.4. The molecule has 29 heavy (non-hydrogen) atoms. The zero-order chi connectivity index (χ0) is 19.8. The number of nitrogens with zero attached hydrogens (tertiary/aromatic N) is 4. The van der Waals surface area contributed by atoms with Crippen molar-refractivity contribution in [3.05, 3.63) is 35.2 Å². The van der Waals surface area contributed by atoms with E-state index >= 15 is 0 Å². The first-order valence-corrected chi connectivity index (χ1v) is 11.3. The highest BCUT2D eigenvalue weighted by molar-refractivity contribution is 5.84. The van der Waals surface area contributed by atoms with Gasteiger partial charge in [-0.2, -0.15) is 0 Å². The molecule has 5 nitrogen and oxygen atoms in total. The second-order valence-electron chi connectivity index (χ2n) is 9.14. The SMILES string of the molecule is Cc1ccnc(-c2nc3c(c(N4CC(C(=O)CC5CCCCC5)C4)n2)CCC3)c1. The Morgan fingerprint density at radius 1 is 1.10 bits per heavy atom. The lowest BCUT2D eigenvalue weighted by atomic mass is 9.82. The second-order valence-corrected chi connectivity index (χ2v) is 9.14. The van der Waals surface area contributed by atoms with Crippen LogP contribution in [-0.2, 0) is 17.6 Å². The lowest BCUT2D eigenvalue weighted by molar-refractivity contribution is -0.124. The molecule has 5 rings (SSSR count). The number of aryl methyl sites for hydroxylation is 2. The van der Waals surface area contributed by atoms with E-state index in [4.69, 9.17) is 9.97 Å². The maximum atomic E-state index is 12.8. The van der Waals surface area contributed by atoms with Gasteiger partial charge in [0.05, 0.1) is 5.92 Å². The fourth-order valence-corrected chi connectivity index (χ4v) is 5.14. The van der Waals surface area contributed by atoms with Gasteiger partial charge >= 0.3 is 0 Å². The molecular formula is C24H30N4O. The standard InChI is InChI=1S/C24H30N4O/c1-16-10-11-25-21(12-16)23-26-20-9-5-8-19(20)24(27-23)28-14-18(15-28)22(29)13-17-6-3-2-4-7-17/h10-12,17-18H,2-9,13-15H2,1H3. The molecule has 1 aliphatic heterocycles. The average Bonchev–Trinajstić information content (AvgIpc) is 3.16. The van der Waals surface area contributed by atoms with Crippen molar-refractivity contribution in [3.8, 4) is 11.5 Å². The van der Waals surface area contributed by atoms with Gasteiger partial charge in [-0.25, -0.2) is 9.97 Å². The van der Waals surface area contributed by atoms with Crippen molar-refractivity contribution in [2.45, 2.75) is 64.7 Å². The van der Waals surface area contributed by atoms with E-state index in [1.807, 2.05) is 18.3 Å². The normalized spacial score (nSPS) is 19.8. The molecule has 3 heterocycles. The van der Waals surface area contributed by atoms with Gasteiger partial charge in [0.25, 0.3) is 0 Å². The van der Waals surface area contributed by atoms with Gasteiger partial charge in [-0.15, -0.1) is 0 Å². The first kappa shape index (κ1) is 18.7. The lowest BCUT2D eigenvalue weighted by Gasteiger charge is -2.40. The topological polar surface area (TPSA) is 59.0 Å². The third kappa shape index (κ3) is 3.79. The van der Waals surface area contributed by atoms with Crippen LogP contribution in [0, 0.1) is 18.8 Å². The predicted octanol–water partition coefficient (Wildman–Crippen LogP) is 4.31. The molecule has 2 aromatic heterocycles. The van der Waals surface area contributed by atoms with Gasteiger partial charge in [0, 0.05) is 37.0 Å². The van der Waals surface area contributed by atoms with Crippen molar-refractivity contribution in [1.29, 1.82) is 0 Å². The van der Waals surface area contributed by atoms with Gasteiger partial charge in [0.2, 0.25) is 0 Å². The molecule has 0 aromatic carbocycles. The van der Waals surface area contributed by atoms with E-state index in [0.717, 1.165) is 61.7 Å². The molecule has 0 atom stereocenters. The Balaban J connectivity index is 1.32. The summed E-state index contributed by atoms with van der Waals surface area (Å²) >= 11 is 0. The Morgan fingerprint density at radius 3 is 2.72 bits per heavy atom. The summed E-state index contributed by atoms with van der Waals surface area (Å²) in [6, 6.07) is 4.04. The largest absolute Gasteiger partial charge is 0.355 e. The quantitative estimate of drug-likeness (QED) is 0.761. The van der Waals surface area contributed by atoms with Crippen molar-refractivity contribution < 1.29 is 4.79 Å². The number of ketones is 1. The van der Waals surface area contributed by atoms with Crippen LogP contribution in [0.15, 0.2) is 18.3 Å². The molecule has 0 bridgehead atoms. The smallest absolute Gasteiger partial charge is 0.180 e. The molecule has 2 fully saturated rings. The van der Waals surface area contributed by atoms with E-state index in [1.54, 1.807) is 0 Å². The van der Waals surface area contributed by atoms with Crippen molar-refractivity contribution in [1.82, 2.24) is 15.0 Å². The molecule has 0 N–H and O–H groups in total. The fraction of sp³-hybridized carbons (Fsp3) is 0.583. The number of carbonyl (C=O) groups is 1. The molecule has 2 aromatic rings. The fourth-order valence-electron chi connectivity index (χ4n) is 5.14. The van der Waals surface area contributed by atoms with Gasteiger partial charge in [-0.05, 0) is 49.8 Å². The van der Waals surface area contributed by atoms with Gasteiger partial charge in [0.1, 0.15) is 17.3 Å². The Hall–Kier alpha value is -2.30. The molecule has 2 aliphatic carbocycles. The van der Waals surface area contributed by atoms with Crippen molar-refractivity contribution in [2.24, 2.45) is 11.8 Å². The summed E-state index contributed by atoms with van der Waals surface area (Å²) in [7, 11) is 0. The van der Waals surface area contributed by atoms with Crippen molar-refractivity contribution >= 4 is 11.6 Å². The van der Waals surface area contributed by atoms with E-state index in [0.29, 0.717) is 11.7 Å². The first-order valence-electron chi connectivity index (χ1n) is 11.3. The number of aromatic nitrogens is 3. The second kappa shape index (κ2) is 7.85. The Kier molecular flexibility index (Phi) is 5.06. The van der Waals surface area contributed by atoms with Crippen molar-refractivity contribution in [3.63, 3.8) is 0 Å². The number of pyridine rings is 1. The molecule has 0 spiro atoms. The molecular weight excluding hydrogens is 360 g/mol. The third-order valence-corrected chi connectivity index (χ3v) is 6.91. The van der Waals surface area contributed by atoms with Crippen molar-refractivity contribution in [2.75, 3.05) is 18.0 Å². The maximum absolute atomic E-state index is 12.8. The maximum Gasteiger partial charge on any atom is 0.180 e. The summed E-state index contributed by atoms with van der Waals surface area (Å²) in [5, 5.41) is 0. The number of rotatable bonds is 5. The van der Waals surface area contributed by atoms with Crippen LogP contribution in [0.4, 0.5) is 5.82 Å². The number of fused-ring (bicyclic) bond motifs is 1. The number of anilines is 1. The molecule has 0 unspecified atom stereocenters. The minimum absolute atomic E-state index is 0.185. The van der Waals surface area contributed by atoms with Crippen LogP contribution in [0.5, 0.6) is 0 Å². The Morgan fingerprint density at radius 2 is 1.93 bits per heavy atom. The summed E-state index contributed by atoms with van der Waals surface area (Å²) in [4.78, 5) is 29.3. The first-order chi connectivity index (χ1) is 14.2. The Bertz CT molecular complexity index is 913. The van der Waals surface area contributed by atoms with Crippen LogP contribution < -0.4 is 4.90 Å². The van der Waals surface area contributed by atoms with Crippen LogP contribution in [0.3, 0.4) is 0 Å². The van der Waals surface area contributed by atoms with Crippen LogP contribution in [0.1, 0.15) is 61.8 Å². The average molecular weight is 391 g/mol. The van der Waals surface area contributed by atoms with E-state index < -0.39 is 0 Å². The molecule has 1 saturated carbocycles. The monoisotopic (exact) mass is 390 g/mol. The van der Waals surface area contributed by atoms with Crippen LogP contribution in [-0.4, -0.2) is 33.8 Å². The van der Waals surface area contributed by atoms with E-state index in [2.05, 4.69) is 16.8 Å². The van der Waals surface area contributed by atoms with Crippen LogP contribution in [0.2, 0.25) is 0 Å². The number of Topliss-reactive ketones (excluding diaryl/α,β-unsaturated/α-hetero) is 1. The summed E-state index contributed by atoms with van der Waals surface area (Å²) in [5.41, 5.74) is 4.47. The highest BCUT2D eigenvalue weighted by Crippen LogP contribution is 2.36. The zero-order valence-electron chi connectivity index (χ0n) is 17.4. The van der Waals surface area contributed by atoms with E-state index in [9.17, 15) is 4.79 Å². The van der Waals surface area contributed by atoms with E-state index in [-0.39, 0.29) is 5.92 Å². The van der Waals surface area contributed by atoms with Gasteiger partial charge in [0.15, 0.2) is 5.82 Å². The third-order valence-electron chi connectivity index (χ3n) is 6.91. The van der Waals surface area contributed by atoms with Gasteiger partial charge in [-0.3, -0.25) is 9.78 Å². The van der Waals surface area contributed by atoms with E-state index in [1.165, 1.54) is 43.4 Å². The summed E-state index contributed by atoms with van der Waals surface area (Å²) < 4.78 is 0. The predicted molar refractivity (Wildman–Crippen MR) is 114 cm³/mol. The number of hydrogen-bond donors (Lipinski definition) is 0. The van der Waals surface area contributed by atoms with Gasteiger partial charge < -0.3 is 4.90 Å². The van der Waals surface area contributed by atoms with Gasteiger partial charge in [-0.1, -0.05) is 32.1 Å². The van der Waals surface area contributed by atoms with Crippen LogP contribution in [0.25, 0.3) is 11.5 Å². The lowest BCUT2D eigenvalue weighted by Crippen LogP contribution is -2.51. The number of carbonyl (C=O) groups excluding carboxylic acids is 1. The summed E-state index contributed by atoms with van der Waals surface area (Å²) in [6.45, 7) is 3.70. The highest BCUT2D eigenvalue weighted by Gasteiger charge is 2.36. The molecule has 0 amide bonds. The highest BCUT2D eigenvalue weighted by atomic mass is 16.1. The molecule has 5 heteroatoms. The minimum atomic E-state index is 0.185. The summed E-state index contributed by atoms with van der Waals surface area (Å²) in [6.07, 6.45) is 12.3. The number of hydrogen-bond acceptors (Lipinski definition) is 5. The Labute approximate surface area is 173 Å².